The van der Waals surface area contributed by atoms with Crippen LogP contribution in [0.4, 0.5) is 10.5 Å². The van der Waals surface area contributed by atoms with Crippen LogP contribution in [0.25, 0.3) is 23.0 Å². The Morgan fingerprint density at radius 3 is 2.74 bits per heavy atom. The largest absolute Gasteiger partial charge is 0.379 e. The van der Waals surface area contributed by atoms with E-state index in [0.717, 1.165) is 62.5 Å². The third kappa shape index (κ3) is 4.29. The van der Waals surface area contributed by atoms with Gasteiger partial charge in [-0.2, -0.15) is 5.10 Å². The van der Waals surface area contributed by atoms with Crippen molar-refractivity contribution in [1.29, 1.82) is 0 Å². The highest BCUT2D eigenvalue weighted by Crippen LogP contribution is 2.32. The fourth-order valence-corrected chi connectivity index (χ4v) is 5.15. The Balaban J connectivity index is 1.33. The molecule has 0 spiro atoms. The number of nitrogens with one attached hydrogen (secondary N) is 3. The van der Waals surface area contributed by atoms with E-state index in [-0.39, 0.29) is 5.70 Å². The monoisotopic (exact) mass is 478 g/mol. The molecular weight excluding hydrogens is 452 g/mol. The van der Waals surface area contributed by atoms with Gasteiger partial charge >= 0.3 is 6.03 Å². The summed E-state index contributed by atoms with van der Waals surface area (Å²) in [5, 5.41) is 15.3. The molecule has 5 heterocycles. The van der Waals surface area contributed by atoms with Crippen molar-refractivity contribution in [2.45, 2.75) is 25.4 Å². The van der Waals surface area contributed by atoms with E-state index in [1.165, 1.54) is 4.88 Å². The molecule has 0 radical (unpaired) electrons. The van der Waals surface area contributed by atoms with Crippen LogP contribution in [0, 0.1) is 0 Å². The van der Waals surface area contributed by atoms with E-state index in [1.807, 2.05) is 0 Å². The number of anilines is 1. The molecule has 0 unspecified atom stereocenters. The first-order valence-corrected chi connectivity index (χ1v) is 12.4. The molecule has 3 aromatic heterocycles. The molecule has 2 saturated heterocycles. The first kappa shape index (κ1) is 21.3. The van der Waals surface area contributed by atoms with E-state index in [0.29, 0.717) is 17.4 Å². The second kappa shape index (κ2) is 8.49. The molecule has 1 saturated carbocycles. The van der Waals surface area contributed by atoms with Gasteiger partial charge in [-0.3, -0.25) is 15.0 Å². The minimum atomic E-state index is -0.527. The summed E-state index contributed by atoms with van der Waals surface area (Å²) in [5.74, 6) is -0.459. The molecule has 3 amide bonds. The number of hydrogen-bond donors (Lipinski definition) is 3. The highest BCUT2D eigenvalue weighted by Gasteiger charge is 2.25. The van der Waals surface area contributed by atoms with E-state index < -0.39 is 11.9 Å². The zero-order valence-corrected chi connectivity index (χ0v) is 19.7. The first-order valence-electron chi connectivity index (χ1n) is 11.5. The normalized spacial score (nSPS) is 20.8. The van der Waals surface area contributed by atoms with Crippen molar-refractivity contribution in [2.24, 2.45) is 0 Å². The number of carbonyl (C=O) groups excluding carboxylic acids is 2. The molecular formula is C23H26N8O2S. The predicted octanol–water partition coefficient (Wildman–Crippen LogP) is 1.96. The van der Waals surface area contributed by atoms with Crippen LogP contribution < -0.4 is 16.0 Å². The molecule has 10 nitrogen and oxygen atoms in total. The van der Waals surface area contributed by atoms with Gasteiger partial charge in [0.2, 0.25) is 0 Å². The summed E-state index contributed by atoms with van der Waals surface area (Å²) < 4.78 is 1.74. The molecule has 3 aromatic rings. The highest BCUT2D eigenvalue weighted by molar-refractivity contribution is 7.10. The van der Waals surface area contributed by atoms with E-state index in [9.17, 15) is 9.59 Å². The molecule has 2 aliphatic heterocycles. The summed E-state index contributed by atoms with van der Waals surface area (Å²) in [6.45, 7) is 5.32. The molecule has 3 aliphatic rings. The van der Waals surface area contributed by atoms with Gasteiger partial charge in [-0.05, 0) is 38.1 Å². The van der Waals surface area contributed by atoms with Crippen LogP contribution in [0.5, 0.6) is 0 Å². The van der Waals surface area contributed by atoms with Crippen molar-refractivity contribution < 1.29 is 9.59 Å². The predicted molar refractivity (Wildman–Crippen MR) is 130 cm³/mol. The summed E-state index contributed by atoms with van der Waals surface area (Å²) in [6.07, 6.45) is 5.55. The van der Waals surface area contributed by atoms with Gasteiger partial charge in [0.05, 0.1) is 23.3 Å². The second-order valence-corrected chi connectivity index (χ2v) is 10.1. The van der Waals surface area contributed by atoms with Gasteiger partial charge in [-0.25, -0.2) is 14.3 Å². The van der Waals surface area contributed by atoms with Crippen molar-refractivity contribution in [3.63, 3.8) is 0 Å². The molecule has 0 bridgehead atoms. The van der Waals surface area contributed by atoms with Gasteiger partial charge in [-0.15, -0.1) is 11.3 Å². The number of imide groups is 1. The number of nitrogens with zero attached hydrogens (tertiary/aromatic N) is 5. The fraction of sp³-hybridized carbons (Fsp3) is 0.391. The van der Waals surface area contributed by atoms with Crippen molar-refractivity contribution in [1.82, 2.24) is 35.0 Å². The average Bonchev–Trinajstić information content (AvgIpc) is 3.20. The maximum atomic E-state index is 12.0. The van der Waals surface area contributed by atoms with Crippen LogP contribution in [0.2, 0.25) is 0 Å². The number of imidazole rings is 1. The molecule has 0 aromatic carbocycles. The maximum Gasteiger partial charge on any atom is 0.326 e. The Hall–Kier alpha value is -3.28. The van der Waals surface area contributed by atoms with Gasteiger partial charge in [0.25, 0.3) is 5.91 Å². The van der Waals surface area contributed by atoms with Crippen LogP contribution in [-0.2, 0) is 11.3 Å². The SMILES string of the molecule is CN1CCN(Cc2cc(-c3cc(NC4CC4)c4ncc(C=C5NC(=O)NC5=O)n4n3)cs2)CC1. The van der Waals surface area contributed by atoms with Crippen molar-refractivity contribution in [3.8, 4) is 11.3 Å². The zero-order valence-electron chi connectivity index (χ0n) is 18.9. The number of likely N-dealkylation sites (N-methyl/N-ethyl adjacent to an activating group) is 1. The Morgan fingerprint density at radius 1 is 1.18 bits per heavy atom. The van der Waals surface area contributed by atoms with Gasteiger partial charge in [-0.1, -0.05) is 0 Å². The lowest BCUT2D eigenvalue weighted by molar-refractivity contribution is -0.115. The number of aromatic nitrogens is 3. The van der Waals surface area contributed by atoms with Crippen molar-refractivity contribution >= 4 is 40.7 Å². The number of urea groups is 1. The van der Waals surface area contributed by atoms with Crippen LogP contribution in [-0.4, -0.2) is 75.6 Å². The molecule has 11 heteroatoms. The number of carbonyl (C=O) groups is 2. The number of amides is 3. The van der Waals surface area contributed by atoms with Gasteiger partial charge in [0, 0.05) is 54.6 Å². The molecule has 34 heavy (non-hydrogen) atoms. The Bertz CT molecular complexity index is 1300. The summed E-state index contributed by atoms with van der Waals surface area (Å²) in [6, 6.07) is 4.20. The Morgan fingerprint density at radius 2 is 2.00 bits per heavy atom. The Labute approximate surface area is 200 Å². The van der Waals surface area contributed by atoms with Crippen LogP contribution >= 0.6 is 11.3 Å². The van der Waals surface area contributed by atoms with Crippen molar-refractivity contribution in [3.05, 3.63) is 40.0 Å². The summed E-state index contributed by atoms with van der Waals surface area (Å²) in [4.78, 5) is 34.2. The van der Waals surface area contributed by atoms with E-state index >= 15 is 0 Å². The van der Waals surface area contributed by atoms with Crippen molar-refractivity contribution in [2.75, 3.05) is 38.5 Å². The average molecular weight is 479 g/mol. The first-order chi connectivity index (χ1) is 16.5. The molecule has 176 valence electrons. The molecule has 3 N–H and O–H groups in total. The maximum absolute atomic E-state index is 12.0. The second-order valence-electron chi connectivity index (χ2n) is 9.13. The molecule has 6 rings (SSSR count). The summed E-state index contributed by atoms with van der Waals surface area (Å²) in [5.41, 5.74) is 4.32. The number of thiophene rings is 1. The number of hydrogen-bond acceptors (Lipinski definition) is 8. The van der Waals surface area contributed by atoms with Gasteiger partial charge in [0.1, 0.15) is 5.70 Å². The summed E-state index contributed by atoms with van der Waals surface area (Å²) >= 11 is 1.76. The fourth-order valence-electron chi connectivity index (χ4n) is 4.23. The third-order valence-electron chi connectivity index (χ3n) is 6.37. The van der Waals surface area contributed by atoms with Gasteiger partial charge in [0.15, 0.2) is 5.65 Å². The number of rotatable bonds is 6. The Kier molecular flexibility index (Phi) is 5.31. The lowest BCUT2D eigenvalue weighted by atomic mass is 10.2. The standard InChI is InChI=1S/C23H26N8O2S/c1-29-4-6-30(7-5-29)12-17-8-14(13-34-17)18-10-19(25-15-2-3-15)21-24-11-16(31(21)28-18)9-20-22(32)27-23(33)26-20/h8-11,13,15,25H,2-7,12H2,1H3,(H2,26,27,32,33). The van der Waals surface area contributed by atoms with Crippen LogP contribution in [0.15, 0.2) is 29.4 Å². The lowest BCUT2D eigenvalue weighted by Gasteiger charge is -2.31. The molecule has 0 atom stereocenters. The van der Waals surface area contributed by atoms with Gasteiger partial charge < -0.3 is 15.5 Å². The molecule has 1 aliphatic carbocycles. The lowest BCUT2D eigenvalue weighted by Crippen LogP contribution is -2.43. The third-order valence-corrected chi connectivity index (χ3v) is 7.29. The van der Waals surface area contributed by atoms with E-state index in [2.05, 4.69) is 55.3 Å². The topological polar surface area (TPSA) is 107 Å². The highest BCUT2D eigenvalue weighted by atomic mass is 32.1. The number of fused-ring (bicyclic) bond motifs is 1. The van der Waals surface area contributed by atoms with E-state index in [1.54, 1.807) is 28.1 Å². The number of piperazine rings is 1. The molecule has 3 fully saturated rings. The summed E-state index contributed by atoms with van der Waals surface area (Å²) in [7, 11) is 2.17. The van der Waals surface area contributed by atoms with Crippen LogP contribution in [0.1, 0.15) is 23.4 Å². The quantitative estimate of drug-likeness (QED) is 0.367. The van der Waals surface area contributed by atoms with E-state index in [4.69, 9.17) is 5.10 Å². The smallest absolute Gasteiger partial charge is 0.326 e. The minimum Gasteiger partial charge on any atom is -0.379 e. The zero-order chi connectivity index (χ0) is 23.2. The minimum absolute atomic E-state index is 0.181. The van der Waals surface area contributed by atoms with Crippen LogP contribution in [0.3, 0.4) is 0 Å².